The van der Waals surface area contributed by atoms with Crippen LogP contribution in [0.2, 0.25) is 0 Å². The molecule has 0 aliphatic rings. The minimum atomic E-state index is -5.02. The van der Waals surface area contributed by atoms with Gasteiger partial charge in [-0.15, -0.1) is 11.6 Å². The lowest BCUT2D eigenvalue weighted by Gasteiger charge is -2.12. The van der Waals surface area contributed by atoms with Crippen molar-refractivity contribution < 1.29 is 26.5 Å². The van der Waals surface area contributed by atoms with E-state index in [-0.39, 0.29) is 11.9 Å². The molecule has 10 heteroatoms. The monoisotopic (exact) mass is 345 g/mol. The number of alkyl halides is 4. The fraction of sp³-hybridized carbons (Fsp3) is 0.455. The molecule has 5 nitrogen and oxygen atoms in total. The average Bonchev–Trinajstić information content (AvgIpc) is 2.36. The van der Waals surface area contributed by atoms with Crippen LogP contribution in [0.25, 0.3) is 0 Å². The number of sulfone groups is 1. The maximum atomic E-state index is 12.8. The molecule has 118 valence electrons. The molecule has 0 amide bonds. The van der Waals surface area contributed by atoms with Crippen molar-refractivity contribution in [1.82, 2.24) is 0 Å². The first-order valence-corrected chi connectivity index (χ1v) is 7.82. The molecule has 1 aromatic carbocycles. The van der Waals surface area contributed by atoms with Crippen LogP contribution in [-0.4, -0.2) is 25.0 Å². The summed E-state index contributed by atoms with van der Waals surface area (Å²) >= 11 is 5.48. The van der Waals surface area contributed by atoms with Crippen LogP contribution < -0.4 is 0 Å². The first-order chi connectivity index (χ1) is 9.49. The van der Waals surface area contributed by atoms with E-state index in [1.807, 2.05) is 0 Å². The van der Waals surface area contributed by atoms with Gasteiger partial charge >= 0.3 is 6.18 Å². The first-order valence-electron chi connectivity index (χ1n) is 5.63. The highest BCUT2D eigenvalue weighted by molar-refractivity contribution is 7.91. The third-order valence-corrected chi connectivity index (χ3v) is 5.10. The van der Waals surface area contributed by atoms with Gasteiger partial charge in [-0.2, -0.15) is 13.2 Å². The third kappa shape index (κ3) is 4.31. The van der Waals surface area contributed by atoms with Crippen molar-refractivity contribution in [2.45, 2.75) is 18.0 Å². The summed E-state index contributed by atoms with van der Waals surface area (Å²) in [7, 11) is -4.00. The first kappa shape index (κ1) is 17.7. The molecule has 0 aliphatic heterocycles. The Morgan fingerprint density at radius 2 is 1.95 bits per heavy atom. The van der Waals surface area contributed by atoms with Gasteiger partial charge in [-0.05, 0) is 18.1 Å². The standard InChI is InChI=1S/C11H11ClF3NO4S/c1-7(5-12)6-21(19,20)8-2-3-10(16(17)18)9(4-8)11(13,14)15/h2-4,7H,5-6H2,1H3. The normalized spacial score (nSPS) is 14.0. The molecule has 0 saturated carbocycles. The maximum Gasteiger partial charge on any atom is 0.423 e. The van der Waals surface area contributed by atoms with Gasteiger partial charge in [0.05, 0.1) is 15.6 Å². The number of nitro groups is 1. The summed E-state index contributed by atoms with van der Waals surface area (Å²) in [5.41, 5.74) is -2.78. The van der Waals surface area contributed by atoms with Gasteiger partial charge in [0.1, 0.15) is 5.56 Å². The van der Waals surface area contributed by atoms with E-state index in [1.54, 1.807) is 0 Å². The van der Waals surface area contributed by atoms with E-state index in [1.165, 1.54) is 6.92 Å². The lowest BCUT2D eigenvalue weighted by atomic mass is 10.2. The molecule has 1 unspecified atom stereocenters. The average molecular weight is 346 g/mol. The largest absolute Gasteiger partial charge is 0.423 e. The smallest absolute Gasteiger partial charge is 0.258 e. The number of hydrogen-bond acceptors (Lipinski definition) is 4. The summed E-state index contributed by atoms with van der Waals surface area (Å²) in [6.07, 6.45) is -5.02. The van der Waals surface area contributed by atoms with Crippen molar-refractivity contribution in [1.29, 1.82) is 0 Å². The number of nitro benzene ring substituents is 1. The molecule has 0 aliphatic carbocycles. The zero-order chi connectivity index (χ0) is 16.4. The molecule has 0 aromatic heterocycles. The Morgan fingerprint density at radius 1 is 1.38 bits per heavy atom. The molecule has 0 radical (unpaired) electrons. The van der Waals surface area contributed by atoms with E-state index >= 15 is 0 Å². The van der Waals surface area contributed by atoms with E-state index in [0.29, 0.717) is 6.07 Å². The van der Waals surface area contributed by atoms with Crippen LogP contribution in [0.1, 0.15) is 12.5 Å². The van der Waals surface area contributed by atoms with Crippen molar-refractivity contribution in [3.63, 3.8) is 0 Å². The molecule has 0 fully saturated rings. The number of rotatable bonds is 5. The van der Waals surface area contributed by atoms with Gasteiger partial charge < -0.3 is 0 Å². The van der Waals surface area contributed by atoms with Gasteiger partial charge in [0.15, 0.2) is 9.84 Å². The molecule has 1 aromatic rings. The summed E-state index contributed by atoms with van der Waals surface area (Å²) < 4.78 is 62.3. The molecule has 1 rings (SSSR count). The minimum absolute atomic E-state index is 0.0261. The van der Waals surface area contributed by atoms with Gasteiger partial charge in [0.2, 0.25) is 0 Å². The summed E-state index contributed by atoms with van der Waals surface area (Å²) in [6, 6.07) is 1.62. The van der Waals surface area contributed by atoms with Crippen molar-refractivity contribution in [3.8, 4) is 0 Å². The van der Waals surface area contributed by atoms with Crippen molar-refractivity contribution in [2.75, 3.05) is 11.6 Å². The Kier molecular flexibility index (Phi) is 5.21. The Labute approximate surface area is 123 Å². The molecule has 0 spiro atoms. The predicted octanol–water partition coefficient (Wildman–Crippen LogP) is 3.26. The lowest BCUT2D eigenvalue weighted by molar-refractivity contribution is -0.388. The Balaban J connectivity index is 3.39. The molecule has 21 heavy (non-hydrogen) atoms. The van der Waals surface area contributed by atoms with Gasteiger partial charge in [-0.25, -0.2) is 8.42 Å². The highest BCUT2D eigenvalue weighted by Gasteiger charge is 2.39. The number of hydrogen-bond donors (Lipinski definition) is 0. The van der Waals surface area contributed by atoms with E-state index < -0.39 is 48.8 Å². The molecule has 0 N–H and O–H groups in total. The maximum absolute atomic E-state index is 12.8. The summed E-state index contributed by atoms with van der Waals surface area (Å²) in [4.78, 5) is 8.77. The predicted molar refractivity (Wildman–Crippen MR) is 70.0 cm³/mol. The van der Waals surface area contributed by atoms with Crippen molar-refractivity contribution in [3.05, 3.63) is 33.9 Å². The SMILES string of the molecule is CC(CCl)CS(=O)(=O)c1ccc([N+](=O)[O-])c(C(F)(F)F)c1. The van der Waals surface area contributed by atoms with Crippen LogP contribution in [0, 0.1) is 16.0 Å². The van der Waals surface area contributed by atoms with Crippen molar-refractivity contribution in [2.24, 2.45) is 5.92 Å². The highest BCUT2D eigenvalue weighted by atomic mass is 35.5. The highest BCUT2D eigenvalue weighted by Crippen LogP contribution is 2.37. The van der Waals surface area contributed by atoms with E-state index in [9.17, 15) is 31.7 Å². The molecule has 0 bridgehead atoms. The number of halogens is 4. The molecule has 0 heterocycles. The topological polar surface area (TPSA) is 77.3 Å². The molecule has 1 atom stereocenters. The fourth-order valence-electron chi connectivity index (χ4n) is 1.61. The second kappa shape index (κ2) is 6.18. The zero-order valence-electron chi connectivity index (χ0n) is 10.7. The second-order valence-electron chi connectivity index (χ2n) is 4.47. The van der Waals surface area contributed by atoms with Crippen LogP contribution in [0.15, 0.2) is 23.1 Å². The number of benzene rings is 1. The van der Waals surface area contributed by atoms with Crippen molar-refractivity contribution >= 4 is 27.1 Å². The number of nitrogens with zero attached hydrogens (tertiary/aromatic N) is 1. The van der Waals surface area contributed by atoms with Crippen LogP contribution in [0.4, 0.5) is 18.9 Å². The summed E-state index contributed by atoms with van der Waals surface area (Å²) in [5.74, 6) is -0.870. The summed E-state index contributed by atoms with van der Waals surface area (Å²) in [5, 5.41) is 10.6. The quantitative estimate of drug-likeness (QED) is 0.466. The van der Waals surface area contributed by atoms with Gasteiger partial charge in [-0.3, -0.25) is 10.1 Å². The van der Waals surface area contributed by atoms with Gasteiger partial charge in [0, 0.05) is 11.9 Å². The minimum Gasteiger partial charge on any atom is -0.258 e. The van der Waals surface area contributed by atoms with Gasteiger partial charge in [-0.1, -0.05) is 6.92 Å². The molecule has 0 saturated heterocycles. The van der Waals surface area contributed by atoms with Crippen LogP contribution in [0.5, 0.6) is 0 Å². The van der Waals surface area contributed by atoms with E-state index in [2.05, 4.69) is 0 Å². The third-order valence-electron chi connectivity index (χ3n) is 2.60. The van der Waals surface area contributed by atoms with E-state index in [0.717, 1.165) is 6.07 Å². The summed E-state index contributed by atoms with van der Waals surface area (Å²) in [6.45, 7) is 1.53. The Hall–Kier alpha value is -1.35. The molecular formula is C11H11ClF3NO4S. The fourth-order valence-corrected chi connectivity index (χ4v) is 3.48. The molecular weight excluding hydrogens is 335 g/mol. The zero-order valence-corrected chi connectivity index (χ0v) is 12.3. The van der Waals surface area contributed by atoms with Gasteiger partial charge in [0.25, 0.3) is 5.69 Å². The lowest BCUT2D eigenvalue weighted by Crippen LogP contribution is -2.17. The van der Waals surface area contributed by atoms with E-state index in [4.69, 9.17) is 11.6 Å². The Bertz CT molecular complexity index is 645. The second-order valence-corrected chi connectivity index (χ2v) is 6.82. The van der Waals surface area contributed by atoms with Crippen LogP contribution in [0.3, 0.4) is 0 Å². The Morgan fingerprint density at radius 3 is 2.38 bits per heavy atom. The van der Waals surface area contributed by atoms with Crippen LogP contribution in [-0.2, 0) is 16.0 Å². The van der Waals surface area contributed by atoms with Crippen LogP contribution >= 0.6 is 11.6 Å².